The van der Waals surface area contributed by atoms with Crippen LogP contribution in [0.4, 0.5) is 0 Å². The molecule has 1 aliphatic heterocycles. The monoisotopic (exact) mass is 169 g/mol. The Bertz CT molecular complexity index is 165. The van der Waals surface area contributed by atoms with Crippen molar-refractivity contribution in [2.45, 2.75) is 39.7 Å². The van der Waals surface area contributed by atoms with Gasteiger partial charge in [0.05, 0.1) is 0 Å². The van der Waals surface area contributed by atoms with Crippen molar-refractivity contribution in [2.75, 3.05) is 13.1 Å². The summed E-state index contributed by atoms with van der Waals surface area (Å²) in [6.07, 6.45) is 1.99. The quantitative estimate of drug-likeness (QED) is 0.641. The lowest BCUT2D eigenvalue weighted by molar-refractivity contribution is -0.117. The summed E-state index contributed by atoms with van der Waals surface area (Å²) in [5, 5.41) is 0. The zero-order chi connectivity index (χ0) is 9.14. The molecule has 70 valence electrons. The summed E-state index contributed by atoms with van der Waals surface area (Å²) in [7, 11) is 0. The van der Waals surface area contributed by atoms with E-state index in [0.29, 0.717) is 17.7 Å². The summed E-state index contributed by atoms with van der Waals surface area (Å²) in [6.45, 7) is 8.43. The van der Waals surface area contributed by atoms with Gasteiger partial charge in [-0.05, 0) is 39.7 Å². The number of ketones is 1. The second kappa shape index (κ2) is 4.04. The third-order valence-electron chi connectivity index (χ3n) is 2.62. The molecule has 1 aliphatic rings. The summed E-state index contributed by atoms with van der Waals surface area (Å²) >= 11 is 0. The minimum atomic E-state index is 0.339. The molecule has 0 radical (unpaired) electrons. The van der Waals surface area contributed by atoms with Gasteiger partial charge in [0.15, 0.2) is 0 Å². The average Bonchev–Trinajstić information content (AvgIpc) is 2.34. The van der Waals surface area contributed by atoms with Gasteiger partial charge in [-0.2, -0.15) is 0 Å². The van der Waals surface area contributed by atoms with Crippen LogP contribution in [0, 0.1) is 5.92 Å². The van der Waals surface area contributed by atoms with Crippen molar-refractivity contribution in [3.05, 3.63) is 0 Å². The molecule has 0 aromatic carbocycles. The fourth-order valence-corrected chi connectivity index (χ4v) is 1.90. The minimum absolute atomic E-state index is 0.339. The number of carbonyl (C=O) groups excluding carboxylic acids is 1. The van der Waals surface area contributed by atoms with E-state index in [0.717, 1.165) is 13.0 Å². The van der Waals surface area contributed by atoms with Crippen LogP contribution in [0.1, 0.15) is 33.6 Å². The first-order valence-corrected chi connectivity index (χ1v) is 4.83. The molecule has 0 saturated carbocycles. The van der Waals surface area contributed by atoms with Crippen LogP contribution in [0.25, 0.3) is 0 Å². The highest BCUT2D eigenvalue weighted by atomic mass is 16.1. The van der Waals surface area contributed by atoms with Gasteiger partial charge in [0.25, 0.3) is 0 Å². The molecule has 12 heavy (non-hydrogen) atoms. The van der Waals surface area contributed by atoms with E-state index in [1.165, 1.54) is 13.0 Å². The van der Waals surface area contributed by atoms with Gasteiger partial charge in [-0.25, -0.2) is 0 Å². The summed E-state index contributed by atoms with van der Waals surface area (Å²) in [6, 6.07) is 0.641. The maximum Gasteiger partial charge on any atom is 0.130 e. The lowest BCUT2D eigenvalue weighted by Gasteiger charge is -2.19. The van der Waals surface area contributed by atoms with Crippen molar-refractivity contribution >= 4 is 5.78 Å². The number of likely N-dealkylation sites (tertiary alicyclic amines) is 1. The third kappa shape index (κ3) is 2.59. The zero-order valence-electron chi connectivity index (χ0n) is 8.34. The van der Waals surface area contributed by atoms with Crippen LogP contribution in [0.15, 0.2) is 0 Å². The van der Waals surface area contributed by atoms with E-state index in [-0.39, 0.29) is 0 Å². The molecule has 0 N–H and O–H groups in total. The number of hydrogen-bond acceptors (Lipinski definition) is 2. The largest absolute Gasteiger partial charge is 0.301 e. The summed E-state index contributed by atoms with van der Waals surface area (Å²) in [5.74, 6) is 0.968. The summed E-state index contributed by atoms with van der Waals surface area (Å²) in [5.41, 5.74) is 0. The van der Waals surface area contributed by atoms with Crippen molar-refractivity contribution < 1.29 is 4.79 Å². The van der Waals surface area contributed by atoms with E-state index in [1.54, 1.807) is 6.92 Å². The molecule has 2 nitrogen and oxygen atoms in total. The first-order valence-electron chi connectivity index (χ1n) is 4.83. The fourth-order valence-electron chi connectivity index (χ4n) is 1.90. The molecular weight excluding hydrogens is 150 g/mol. The van der Waals surface area contributed by atoms with E-state index >= 15 is 0 Å². The number of rotatable bonds is 3. The molecule has 0 amide bonds. The Labute approximate surface area is 74.9 Å². The number of nitrogens with zero attached hydrogens (tertiary/aromatic N) is 1. The van der Waals surface area contributed by atoms with Gasteiger partial charge in [-0.3, -0.25) is 0 Å². The topological polar surface area (TPSA) is 20.3 Å². The second-order valence-electron chi connectivity index (χ2n) is 4.15. The lowest BCUT2D eigenvalue weighted by atomic mass is 10.0. The second-order valence-corrected chi connectivity index (χ2v) is 4.15. The van der Waals surface area contributed by atoms with Crippen LogP contribution in [0.5, 0.6) is 0 Å². The molecular formula is C10H19NO. The van der Waals surface area contributed by atoms with Crippen molar-refractivity contribution in [1.29, 1.82) is 0 Å². The molecule has 0 bridgehead atoms. The van der Waals surface area contributed by atoms with E-state index in [2.05, 4.69) is 18.7 Å². The van der Waals surface area contributed by atoms with Gasteiger partial charge in [0, 0.05) is 19.0 Å². The van der Waals surface area contributed by atoms with Gasteiger partial charge in [-0.1, -0.05) is 0 Å². The average molecular weight is 169 g/mol. The molecule has 0 aromatic heterocycles. The molecule has 1 heterocycles. The van der Waals surface area contributed by atoms with Gasteiger partial charge < -0.3 is 9.69 Å². The zero-order valence-corrected chi connectivity index (χ0v) is 8.34. The molecule has 1 atom stereocenters. The van der Waals surface area contributed by atoms with Crippen molar-refractivity contribution in [1.82, 2.24) is 4.90 Å². The lowest BCUT2D eigenvalue weighted by Crippen LogP contribution is -2.28. The molecule has 1 fully saturated rings. The first-order chi connectivity index (χ1) is 5.59. The Hall–Kier alpha value is -0.370. The SMILES string of the molecule is CC(=O)C[C@@H]1CCN(C(C)C)C1. The third-order valence-corrected chi connectivity index (χ3v) is 2.62. The minimum Gasteiger partial charge on any atom is -0.301 e. The van der Waals surface area contributed by atoms with Crippen molar-refractivity contribution in [3.8, 4) is 0 Å². The van der Waals surface area contributed by atoms with Crippen LogP contribution in [-0.4, -0.2) is 29.8 Å². The summed E-state index contributed by atoms with van der Waals surface area (Å²) < 4.78 is 0. The molecule has 1 saturated heterocycles. The van der Waals surface area contributed by atoms with E-state index < -0.39 is 0 Å². The molecule has 2 heteroatoms. The Morgan fingerprint density at radius 3 is 2.67 bits per heavy atom. The van der Waals surface area contributed by atoms with Gasteiger partial charge in [0.2, 0.25) is 0 Å². The number of hydrogen-bond donors (Lipinski definition) is 0. The van der Waals surface area contributed by atoms with Crippen LogP contribution in [0.3, 0.4) is 0 Å². The predicted octanol–water partition coefficient (Wildman–Crippen LogP) is 1.70. The standard InChI is InChI=1S/C10H19NO/c1-8(2)11-5-4-10(7-11)6-9(3)12/h8,10H,4-7H2,1-3H3/t10-/m0/s1. The molecule has 1 rings (SSSR count). The molecule has 0 aliphatic carbocycles. The first kappa shape index (κ1) is 9.72. The van der Waals surface area contributed by atoms with Gasteiger partial charge in [-0.15, -0.1) is 0 Å². The molecule has 0 unspecified atom stereocenters. The van der Waals surface area contributed by atoms with Gasteiger partial charge >= 0.3 is 0 Å². The Morgan fingerprint density at radius 1 is 1.58 bits per heavy atom. The number of Topliss-reactive ketones (excluding diaryl/α,β-unsaturated/α-hetero) is 1. The normalized spacial score (nSPS) is 25.2. The maximum absolute atomic E-state index is 10.9. The molecule has 0 aromatic rings. The summed E-state index contributed by atoms with van der Waals surface area (Å²) in [4.78, 5) is 13.3. The predicted molar refractivity (Wildman–Crippen MR) is 50.1 cm³/mol. The fraction of sp³-hybridized carbons (Fsp3) is 0.900. The van der Waals surface area contributed by atoms with E-state index in [9.17, 15) is 4.79 Å². The number of carbonyl (C=O) groups is 1. The van der Waals surface area contributed by atoms with Crippen LogP contribution >= 0.6 is 0 Å². The van der Waals surface area contributed by atoms with E-state index in [1.807, 2.05) is 0 Å². The van der Waals surface area contributed by atoms with Gasteiger partial charge in [0.1, 0.15) is 5.78 Å². The maximum atomic E-state index is 10.9. The Kier molecular flexibility index (Phi) is 3.27. The highest BCUT2D eigenvalue weighted by Gasteiger charge is 2.24. The molecule has 0 spiro atoms. The van der Waals surface area contributed by atoms with Crippen molar-refractivity contribution in [2.24, 2.45) is 5.92 Å². The van der Waals surface area contributed by atoms with Crippen LogP contribution < -0.4 is 0 Å². The van der Waals surface area contributed by atoms with Crippen molar-refractivity contribution in [3.63, 3.8) is 0 Å². The highest BCUT2D eigenvalue weighted by Crippen LogP contribution is 2.21. The Balaban J connectivity index is 2.30. The smallest absolute Gasteiger partial charge is 0.130 e. The van der Waals surface area contributed by atoms with Crippen LogP contribution in [0.2, 0.25) is 0 Å². The Morgan fingerprint density at radius 2 is 2.25 bits per heavy atom. The van der Waals surface area contributed by atoms with Crippen LogP contribution in [-0.2, 0) is 4.79 Å². The highest BCUT2D eigenvalue weighted by molar-refractivity contribution is 5.75. The van der Waals surface area contributed by atoms with E-state index in [4.69, 9.17) is 0 Å².